The summed E-state index contributed by atoms with van der Waals surface area (Å²) in [6.45, 7) is -0.750. The summed E-state index contributed by atoms with van der Waals surface area (Å²) in [4.78, 5) is 21.9. The first-order valence-electron chi connectivity index (χ1n) is 12.0. The first-order chi connectivity index (χ1) is 19.1. The summed E-state index contributed by atoms with van der Waals surface area (Å²) in [7, 11) is -8.16. The summed E-state index contributed by atoms with van der Waals surface area (Å²) in [6, 6.07) is 17.7. The molecule has 1 fully saturated rings. The quantitative estimate of drug-likeness (QED) is 0.260. The number of nitrogens with one attached hydrogen (secondary N) is 1. The van der Waals surface area contributed by atoms with E-state index in [0.29, 0.717) is 20.6 Å². The largest absolute Gasteiger partial charge is 0.356 e. The average molecular weight is 636 g/mol. The Morgan fingerprint density at radius 2 is 1.73 bits per heavy atom. The smallest absolute Gasteiger partial charge is 0.253 e. The third-order valence-electron chi connectivity index (χ3n) is 6.71. The summed E-state index contributed by atoms with van der Waals surface area (Å²) in [5, 5.41) is 0.455. The molecule has 14 heteroatoms. The summed E-state index contributed by atoms with van der Waals surface area (Å²) in [6.07, 6.45) is 1.49. The van der Waals surface area contributed by atoms with E-state index >= 15 is 0 Å². The highest BCUT2D eigenvalue weighted by Crippen LogP contribution is 2.37. The van der Waals surface area contributed by atoms with Crippen LogP contribution in [0, 0.1) is 0 Å². The number of nitrogens with zero attached hydrogens (tertiary/aromatic N) is 3. The number of aromatic amines is 1. The van der Waals surface area contributed by atoms with Gasteiger partial charge in [-0.25, -0.2) is 21.8 Å². The van der Waals surface area contributed by atoms with Crippen LogP contribution in [0.4, 0.5) is 0 Å². The molecule has 0 aliphatic carbocycles. The minimum absolute atomic E-state index is 0.0228. The lowest BCUT2D eigenvalue weighted by atomic mass is 10.3. The molecule has 1 aliphatic rings. The van der Waals surface area contributed by atoms with E-state index in [0.717, 1.165) is 21.0 Å². The van der Waals surface area contributed by atoms with Crippen LogP contribution in [0.3, 0.4) is 0 Å². The Kier molecular flexibility index (Phi) is 6.88. The molecular formula is C26H20Cl2N4O5S3. The predicted octanol–water partition coefficient (Wildman–Crippen LogP) is 5.09. The van der Waals surface area contributed by atoms with Crippen LogP contribution in [-0.2, 0) is 24.7 Å². The highest BCUT2D eigenvalue weighted by Gasteiger charge is 2.43. The van der Waals surface area contributed by atoms with Crippen molar-refractivity contribution in [1.82, 2.24) is 19.2 Å². The van der Waals surface area contributed by atoms with Gasteiger partial charge in [-0.15, -0.1) is 11.3 Å². The summed E-state index contributed by atoms with van der Waals surface area (Å²) in [5.74, 6) is -0.647. The first-order valence-corrected chi connectivity index (χ1v) is 16.5. The molecule has 0 radical (unpaired) electrons. The molecule has 3 aromatic heterocycles. The van der Waals surface area contributed by atoms with Gasteiger partial charge in [-0.05, 0) is 47.9 Å². The first kappa shape index (κ1) is 27.2. The van der Waals surface area contributed by atoms with Crippen LogP contribution < -0.4 is 0 Å². The number of aromatic nitrogens is 2. The number of pyridine rings is 1. The number of hydrogen-bond donors (Lipinski definition) is 1. The number of hydrogen-bond acceptors (Lipinski definition) is 7. The standard InChI is InChI=1S/C26H20Cl2N4O5S3/c27-17-7-6-16-12-24(38-22(16)13-17)40(36,37)31-10-11-32(23(33)15-31)26(39(34,35)18-4-2-1-3-5-18)21-14-19-20(30-21)8-9-29-25(19)28/h1-9,12-14,26,30H,10-11,15H2. The van der Waals surface area contributed by atoms with E-state index in [1.807, 2.05) is 0 Å². The molecule has 9 nitrogen and oxygen atoms in total. The van der Waals surface area contributed by atoms with Crippen molar-refractivity contribution in [2.24, 2.45) is 0 Å². The Morgan fingerprint density at radius 3 is 2.45 bits per heavy atom. The molecule has 4 heterocycles. The van der Waals surface area contributed by atoms with Gasteiger partial charge >= 0.3 is 0 Å². The van der Waals surface area contributed by atoms with Crippen molar-refractivity contribution in [3.8, 4) is 0 Å². The van der Waals surface area contributed by atoms with Crippen molar-refractivity contribution in [3.63, 3.8) is 0 Å². The van der Waals surface area contributed by atoms with Gasteiger partial charge in [0.2, 0.25) is 15.7 Å². The molecule has 206 valence electrons. The molecule has 1 N–H and O–H groups in total. The van der Waals surface area contributed by atoms with Crippen LogP contribution in [0.5, 0.6) is 0 Å². The molecule has 2 aromatic carbocycles. The number of fused-ring (bicyclic) bond motifs is 2. The molecule has 1 unspecified atom stereocenters. The third kappa shape index (κ3) is 4.68. The van der Waals surface area contributed by atoms with E-state index in [2.05, 4.69) is 9.97 Å². The zero-order chi connectivity index (χ0) is 28.2. The second-order valence-corrected chi connectivity index (χ2v) is 15.2. The van der Waals surface area contributed by atoms with Gasteiger partial charge in [0.25, 0.3) is 10.0 Å². The Hall–Kier alpha value is -3.00. The lowest BCUT2D eigenvalue weighted by molar-refractivity contribution is -0.135. The Morgan fingerprint density at radius 1 is 0.950 bits per heavy atom. The number of halogens is 2. The van der Waals surface area contributed by atoms with Crippen LogP contribution in [0.1, 0.15) is 11.1 Å². The van der Waals surface area contributed by atoms with Gasteiger partial charge in [0.15, 0.2) is 5.37 Å². The lowest BCUT2D eigenvalue weighted by Gasteiger charge is -2.37. The fraction of sp³-hybridized carbons (Fsp3) is 0.154. The monoisotopic (exact) mass is 634 g/mol. The van der Waals surface area contributed by atoms with E-state index in [1.54, 1.807) is 54.6 Å². The van der Waals surface area contributed by atoms with Gasteiger partial charge in [0.1, 0.15) is 9.36 Å². The number of amides is 1. The summed E-state index contributed by atoms with van der Waals surface area (Å²) >= 11 is 13.4. The number of benzene rings is 2. The Labute approximate surface area is 243 Å². The SMILES string of the molecule is O=C1CN(S(=O)(=O)c2cc3ccc(Cl)cc3s2)CCN1C(c1cc2c(Cl)nccc2[nH]1)S(=O)(=O)c1ccccc1. The number of rotatable bonds is 6. The van der Waals surface area contributed by atoms with E-state index in [-0.39, 0.29) is 33.0 Å². The van der Waals surface area contributed by atoms with Gasteiger partial charge in [-0.3, -0.25) is 4.79 Å². The van der Waals surface area contributed by atoms with Gasteiger partial charge < -0.3 is 9.88 Å². The maximum Gasteiger partial charge on any atom is 0.253 e. The molecule has 1 aliphatic heterocycles. The van der Waals surface area contributed by atoms with Gasteiger partial charge in [0, 0.05) is 34.4 Å². The number of sulfone groups is 1. The topological polar surface area (TPSA) is 121 Å². The molecular weight excluding hydrogens is 615 g/mol. The maximum absolute atomic E-state index is 14.0. The molecule has 6 rings (SSSR count). The van der Waals surface area contributed by atoms with Crippen LogP contribution >= 0.6 is 34.5 Å². The second-order valence-electron chi connectivity index (χ2n) is 9.17. The number of carbonyl (C=O) groups excluding carboxylic acids is 1. The normalized spacial score (nSPS) is 16.1. The van der Waals surface area contributed by atoms with E-state index in [4.69, 9.17) is 23.2 Å². The zero-order valence-corrected chi connectivity index (χ0v) is 24.5. The minimum atomic E-state index is -4.14. The van der Waals surface area contributed by atoms with Crippen LogP contribution in [0.15, 0.2) is 82.0 Å². The summed E-state index contributed by atoms with van der Waals surface area (Å²) in [5.41, 5.74) is 0.779. The van der Waals surface area contributed by atoms with Crippen molar-refractivity contribution in [1.29, 1.82) is 0 Å². The summed E-state index contributed by atoms with van der Waals surface area (Å²) < 4.78 is 56.8. The van der Waals surface area contributed by atoms with Crippen molar-refractivity contribution in [2.45, 2.75) is 14.5 Å². The van der Waals surface area contributed by atoms with Crippen molar-refractivity contribution >= 4 is 81.3 Å². The molecule has 0 bridgehead atoms. The molecule has 0 spiro atoms. The molecule has 40 heavy (non-hydrogen) atoms. The Bertz CT molecular complexity index is 1990. The molecule has 0 saturated carbocycles. The van der Waals surface area contributed by atoms with Crippen molar-refractivity contribution in [2.75, 3.05) is 19.6 Å². The van der Waals surface area contributed by atoms with Crippen LogP contribution in [0.2, 0.25) is 10.2 Å². The van der Waals surface area contributed by atoms with Crippen molar-refractivity contribution in [3.05, 3.63) is 88.8 Å². The number of sulfonamides is 1. The predicted molar refractivity (Wildman–Crippen MR) is 155 cm³/mol. The van der Waals surface area contributed by atoms with Gasteiger partial charge in [-0.1, -0.05) is 47.5 Å². The van der Waals surface area contributed by atoms with Crippen molar-refractivity contribution < 1.29 is 21.6 Å². The number of thiophene rings is 1. The van der Waals surface area contributed by atoms with Crippen LogP contribution in [0.25, 0.3) is 21.0 Å². The van der Waals surface area contributed by atoms with Crippen LogP contribution in [-0.4, -0.2) is 61.6 Å². The van der Waals surface area contributed by atoms with E-state index in [9.17, 15) is 21.6 Å². The molecule has 1 atom stereocenters. The molecule has 1 amide bonds. The lowest BCUT2D eigenvalue weighted by Crippen LogP contribution is -2.54. The number of H-pyrrole nitrogens is 1. The van der Waals surface area contributed by atoms with Gasteiger partial charge in [0.05, 0.1) is 22.7 Å². The Balaban J connectivity index is 1.37. The highest BCUT2D eigenvalue weighted by atomic mass is 35.5. The maximum atomic E-state index is 14.0. The highest BCUT2D eigenvalue weighted by molar-refractivity contribution is 7.92. The molecule has 5 aromatic rings. The zero-order valence-electron chi connectivity index (χ0n) is 20.5. The van der Waals surface area contributed by atoms with E-state index in [1.165, 1.54) is 23.2 Å². The van der Waals surface area contributed by atoms with E-state index < -0.39 is 37.7 Å². The minimum Gasteiger partial charge on any atom is -0.356 e. The fourth-order valence-electron chi connectivity index (χ4n) is 4.77. The second kappa shape index (κ2) is 10.1. The number of carbonyl (C=O) groups is 1. The number of piperazine rings is 1. The fourth-order valence-corrected chi connectivity index (χ4v) is 10.0. The molecule has 1 saturated heterocycles. The average Bonchev–Trinajstić information content (AvgIpc) is 3.55. The van der Waals surface area contributed by atoms with Gasteiger partial charge in [-0.2, -0.15) is 4.31 Å². The third-order valence-corrected chi connectivity index (χ3v) is 12.7.